The molecule has 1 aromatic carbocycles. The fourth-order valence-corrected chi connectivity index (χ4v) is 2.58. The fourth-order valence-electron chi connectivity index (χ4n) is 1.82. The number of nitrogens with two attached hydrogens (primary N) is 1. The van der Waals surface area contributed by atoms with Gasteiger partial charge in [0.2, 0.25) is 5.91 Å². The molecule has 0 radical (unpaired) electrons. The van der Waals surface area contributed by atoms with E-state index in [2.05, 4.69) is 0 Å². The number of carbonyl (C=O) groups excluding carboxylic acids is 1. The highest BCUT2D eigenvalue weighted by Crippen LogP contribution is 2.22. The van der Waals surface area contributed by atoms with Gasteiger partial charge >= 0.3 is 0 Å². The van der Waals surface area contributed by atoms with Gasteiger partial charge in [0.05, 0.1) is 24.6 Å². The molecule has 3 N–H and O–H groups in total. The van der Waals surface area contributed by atoms with Crippen molar-refractivity contribution in [2.75, 3.05) is 18.2 Å². The summed E-state index contributed by atoms with van der Waals surface area (Å²) in [6.45, 7) is 3.85. The van der Waals surface area contributed by atoms with Crippen LogP contribution in [-0.2, 0) is 4.79 Å². The lowest BCUT2D eigenvalue weighted by atomic mass is 10.0. The van der Waals surface area contributed by atoms with Gasteiger partial charge in [-0.15, -0.1) is 11.8 Å². The van der Waals surface area contributed by atoms with Crippen molar-refractivity contribution in [2.24, 2.45) is 5.73 Å². The predicted octanol–water partition coefficient (Wildman–Crippen LogP) is 1.61. The lowest BCUT2D eigenvalue weighted by Gasteiger charge is -2.32. The average Bonchev–Trinajstić information content (AvgIpc) is 2.47. The highest BCUT2D eigenvalue weighted by atomic mass is 32.2. The summed E-state index contributed by atoms with van der Waals surface area (Å²) in [4.78, 5) is 13.5. The molecule has 0 aliphatic carbocycles. The molecule has 0 aliphatic heterocycles. The van der Waals surface area contributed by atoms with Crippen LogP contribution in [0, 0.1) is 0 Å². The van der Waals surface area contributed by atoms with E-state index >= 15 is 0 Å². The molecule has 5 heteroatoms. The van der Waals surface area contributed by atoms with Gasteiger partial charge in [-0.05, 0) is 18.2 Å². The van der Waals surface area contributed by atoms with Crippen LogP contribution in [0.15, 0.2) is 30.3 Å². The number of thioether (sulfide) groups is 1. The van der Waals surface area contributed by atoms with E-state index in [1.54, 1.807) is 16.7 Å². The number of hydrogen-bond donors (Lipinski definition) is 2. The van der Waals surface area contributed by atoms with Crippen molar-refractivity contribution in [3.05, 3.63) is 35.9 Å². The van der Waals surface area contributed by atoms with E-state index in [4.69, 9.17) is 5.73 Å². The molecular weight excluding hydrogens is 260 g/mol. The second kappa shape index (κ2) is 8.19. The summed E-state index contributed by atoms with van der Waals surface area (Å²) < 4.78 is 0. The zero-order valence-corrected chi connectivity index (χ0v) is 12.3. The molecule has 19 heavy (non-hydrogen) atoms. The minimum Gasteiger partial charge on any atom is -0.386 e. The third kappa shape index (κ3) is 4.53. The lowest BCUT2D eigenvalue weighted by Crippen LogP contribution is -2.44. The number of carbonyl (C=O) groups is 1. The van der Waals surface area contributed by atoms with Gasteiger partial charge in [0, 0.05) is 0 Å². The second-order valence-electron chi connectivity index (χ2n) is 4.29. The van der Waals surface area contributed by atoms with Crippen LogP contribution in [0.4, 0.5) is 0 Å². The topological polar surface area (TPSA) is 66.6 Å². The number of hydrogen-bond acceptors (Lipinski definition) is 4. The molecule has 0 aliphatic rings. The number of rotatable bonds is 7. The molecule has 0 saturated carbocycles. The standard InChI is InChI=1S/C14H22N2O2S/c1-3-19-10-16(13(17)9-15)11(2)14(18)12-7-5-4-6-8-12/h4-8,11,14,18H,3,9-10,15H2,1-2H3/t11-,14+/m1/s1. The molecule has 106 valence electrons. The van der Waals surface area contributed by atoms with Crippen molar-refractivity contribution in [1.29, 1.82) is 0 Å². The van der Waals surface area contributed by atoms with Crippen molar-refractivity contribution in [3.8, 4) is 0 Å². The van der Waals surface area contributed by atoms with E-state index in [-0.39, 0.29) is 18.5 Å². The van der Waals surface area contributed by atoms with Crippen LogP contribution in [0.25, 0.3) is 0 Å². The number of amides is 1. The minimum absolute atomic E-state index is 0.0316. The Kier molecular flexibility index (Phi) is 6.91. The van der Waals surface area contributed by atoms with Gasteiger partial charge < -0.3 is 15.7 Å². The monoisotopic (exact) mass is 282 g/mol. The van der Waals surface area contributed by atoms with E-state index < -0.39 is 6.10 Å². The summed E-state index contributed by atoms with van der Waals surface area (Å²) >= 11 is 1.64. The van der Waals surface area contributed by atoms with Gasteiger partial charge in [0.15, 0.2) is 0 Å². The maximum absolute atomic E-state index is 11.9. The number of aliphatic hydroxyl groups is 1. The van der Waals surface area contributed by atoms with E-state index in [1.807, 2.05) is 44.2 Å². The van der Waals surface area contributed by atoms with Crippen LogP contribution in [0.1, 0.15) is 25.5 Å². The third-order valence-electron chi connectivity index (χ3n) is 3.02. The Morgan fingerprint density at radius 2 is 2.05 bits per heavy atom. The summed E-state index contributed by atoms with van der Waals surface area (Å²) in [6.07, 6.45) is -0.700. The summed E-state index contributed by atoms with van der Waals surface area (Å²) in [5.74, 6) is 1.34. The highest BCUT2D eigenvalue weighted by molar-refractivity contribution is 7.99. The summed E-state index contributed by atoms with van der Waals surface area (Å²) in [5, 5.41) is 10.4. The molecule has 2 atom stereocenters. The zero-order chi connectivity index (χ0) is 14.3. The van der Waals surface area contributed by atoms with Crippen LogP contribution in [0.3, 0.4) is 0 Å². The van der Waals surface area contributed by atoms with Crippen molar-refractivity contribution in [3.63, 3.8) is 0 Å². The number of nitrogens with zero attached hydrogens (tertiary/aromatic N) is 1. The Bertz CT molecular complexity index is 386. The van der Waals surface area contributed by atoms with Gasteiger partial charge in [0.25, 0.3) is 0 Å². The predicted molar refractivity (Wildman–Crippen MR) is 79.8 cm³/mol. The normalized spacial score (nSPS) is 13.9. The number of benzene rings is 1. The number of aliphatic hydroxyl groups excluding tert-OH is 1. The molecule has 0 saturated heterocycles. The van der Waals surface area contributed by atoms with E-state index in [0.29, 0.717) is 5.88 Å². The third-order valence-corrected chi connectivity index (χ3v) is 3.89. The molecule has 0 heterocycles. The molecule has 1 aromatic rings. The summed E-state index contributed by atoms with van der Waals surface area (Å²) in [5.41, 5.74) is 6.25. The molecule has 0 aromatic heterocycles. The maximum Gasteiger partial charge on any atom is 0.237 e. The first-order valence-corrected chi connectivity index (χ1v) is 7.57. The molecule has 0 spiro atoms. The first-order chi connectivity index (χ1) is 9.11. The zero-order valence-electron chi connectivity index (χ0n) is 11.5. The Morgan fingerprint density at radius 1 is 1.42 bits per heavy atom. The van der Waals surface area contributed by atoms with Gasteiger partial charge in [0.1, 0.15) is 0 Å². The molecule has 0 fully saturated rings. The highest BCUT2D eigenvalue weighted by Gasteiger charge is 2.25. The van der Waals surface area contributed by atoms with Gasteiger partial charge in [-0.25, -0.2) is 0 Å². The van der Waals surface area contributed by atoms with Crippen molar-refractivity contribution < 1.29 is 9.90 Å². The van der Waals surface area contributed by atoms with Crippen LogP contribution < -0.4 is 5.73 Å². The van der Waals surface area contributed by atoms with E-state index in [9.17, 15) is 9.90 Å². The van der Waals surface area contributed by atoms with Gasteiger partial charge in [-0.1, -0.05) is 37.3 Å². The summed E-state index contributed by atoms with van der Waals surface area (Å²) in [7, 11) is 0. The average molecular weight is 282 g/mol. The smallest absolute Gasteiger partial charge is 0.237 e. The summed E-state index contributed by atoms with van der Waals surface area (Å²) in [6, 6.07) is 9.08. The molecule has 0 unspecified atom stereocenters. The molecule has 1 rings (SSSR count). The molecule has 4 nitrogen and oxygen atoms in total. The van der Waals surface area contributed by atoms with Gasteiger partial charge in [-0.3, -0.25) is 4.79 Å². The minimum atomic E-state index is -0.700. The molecule has 1 amide bonds. The van der Waals surface area contributed by atoms with E-state index in [0.717, 1.165) is 11.3 Å². The second-order valence-corrected chi connectivity index (χ2v) is 5.53. The van der Waals surface area contributed by atoms with E-state index in [1.165, 1.54) is 0 Å². The Labute approximate surface area is 119 Å². The largest absolute Gasteiger partial charge is 0.386 e. The molecular formula is C14H22N2O2S. The van der Waals surface area contributed by atoms with Crippen LogP contribution in [-0.4, -0.2) is 40.1 Å². The Balaban J connectivity index is 2.80. The van der Waals surface area contributed by atoms with Crippen LogP contribution in [0.5, 0.6) is 0 Å². The van der Waals surface area contributed by atoms with Crippen LogP contribution in [0.2, 0.25) is 0 Å². The fraction of sp³-hybridized carbons (Fsp3) is 0.500. The van der Waals surface area contributed by atoms with Crippen LogP contribution >= 0.6 is 11.8 Å². The van der Waals surface area contributed by atoms with Crippen molar-refractivity contribution in [2.45, 2.75) is 26.0 Å². The Hall–Kier alpha value is -1.04. The maximum atomic E-state index is 11.9. The van der Waals surface area contributed by atoms with Gasteiger partial charge in [-0.2, -0.15) is 0 Å². The first-order valence-electron chi connectivity index (χ1n) is 6.42. The molecule has 0 bridgehead atoms. The first kappa shape index (κ1) is 16.0. The lowest BCUT2D eigenvalue weighted by molar-refractivity contribution is -0.132. The Morgan fingerprint density at radius 3 is 2.58 bits per heavy atom. The quantitative estimate of drug-likeness (QED) is 0.746. The SMILES string of the molecule is CCSCN(C(=O)CN)[C@H](C)[C@H](O)c1ccccc1. The van der Waals surface area contributed by atoms with Crippen molar-refractivity contribution >= 4 is 17.7 Å². The van der Waals surface area contributed by atoms with Crippen molar-refractivity contribution in [1.82, 2.24) is 4.90 Å².